The second-order valence-electron chi connectivity index (χ2n) is 8.74. The first kappa shape index (κ1) is 20.4. The Hall–Kier alpha value is -3.22. The first-order chi connectivity index (χ1) is 15.8. The van der Waals surface area contributed by atoms with E-state index in [4.69, 9.17) is 0 Å². The molecule has 33 heavy (non-hydrogen) atoms. The highest BCUT2D eigenvalue weighted by Gasteiger charge is 2.74. The zero-order chi connectivity index (χ0) is 23.1. The fourth-order valence-electron chi connectivity index (χ4n) is 5.22. The molecule has 2 aliphatic rings. The summed E-state index contributed by atoms with van der Waals surface area (Å²) in [5, 5.41) is 33.0. The normalized spacial score (nSPS) is 28.3. The molecule has 0 spiro atoms. The van der Waals surface area contributed by atoms with E-state index in [-0.39, 0.29) is 11.7 Å². The van der Waals surface area contributed by atoms with Gasteiger partial charge in [0.05, 0.1) is 35.0 Å². The Kier molecular flexibility index (Phi) is 4.26. The Bertz CT molecular complexity index is 1410. The molecule has 5 atom stereocenters. The summed E-state index contributed by atoms with van der Waals surface area (Å²) in [5.41, 5.74) is 0.839. The lowest BCUT2D eigenvalue weighted by molar-refractivity contribution is -0.128. The highest BCUT2D eigenvalue weighted by atomic mass is 32.1. The van der Waals surface area contributed by atoms with Gasteiger partial charge in [-0.15, -0.1) is 16.4 Å². The average Bonchev–Trinajstić information content (AvgIpc) is 3.20. The molecule has 170 valence electrons. The number of rotatable bonds is 5. The number of imidazole rings is 1. The molecule has 0 saturated heterocycles. The summed E-state index contributed by atoms with van der Waals surface area (Å²) in [7, 11) is 1.74. The number of hydrogen-bond donors (Lipinski definition) is 3. The van der Waals surface area contributed by atoms with Gasteiger partial charge >= 0.3 is 0 Å². The summed E-state index contributed by atoms with van der Waals surface area (Å²) in [4.78, 5) is 28.1. The van der Waals surface area contributed by atoms with Gasteiger partial charge in [-0.05, 0) is 38.3 Å². The predicted molar refractivity (Wildman–Crippen MR) is 120 cm³/mol. The number of anilines is 1. The van der Waals surface area contributed by atoms with E-state index in [9.17, 15) is 15.0 Å². The number of aliphatic hydroxyl groups is 2. The zero-order valence-corrected chi connectivity index (χ0v) is 19.0. The van der Waals surface area contributed by atoms with Gasteiger partial charge in [0.2, 0.25) is 0 Å². The molecular formula is C21H22N8O3S. The molecule has 0 aromatic carbocycles. The molecule has 11 nitrogen and oxygen atoms in total. The third-order valence-electron chi connectivity index (χ3n) is 6.99. The molecule has 2 aliphatic carbocycles. The average molecular weight is 467 g/mol. The lowest BCUT2D eigenvalue weighted by atomic mass is 9.95. The molecule has 2 saturated carbocycles. The van der Waals surface area contributed by atoms with E-state index < -0.39 is 23.7 Å². The predicted octanol–water partition coefficient (Wildman–Crippen LogP) is 1.36. The van der Waals surface area contributed by atoms with E-state index in [1.54, 1.807) is 35.5 Å². The topological polar surface area (TPSA) is 144 Å². The van der Waals surface area contributed by atoms with E-state index in [1.165, 1.54) is 16.5 Å². The van der Waals surface area contributed by atoms with Crippen LogP contribution in [-0.4, -0.2) is 69.8 Å². The maximum absolute atomic E-state index is 12.3. The molecule has 12 heteroatoms. The Balaban J connectivity index is 1.45. The van der Waals surface area contributed by atoms with Crippen molar-refractivity contribution in [1.82, 2.24) is 34.5 Å². The van der Waals surface area contributed by atoms with Crippen LogP contribution in [0.1, 0.15) is 24.3 Å². The molecule has 6 rings (SSSR count). The first-order valence-electron chi connectivity index (χ1n) is 10.6. The van der Waals surface area contributed by atoms with Gasteiger partial charge < -0.3 is 20.1 Å². The Morgan fingerprint density at radius 3 is 2.79 bits per heavy atom. The molecule has 0 radical (unpaired) electrons. The first-order valence-corrected chi connectivity index (χ1v) is 11.5. The SMILES string of the molecule is CNc1nc(-n2cc(-c3ccc(C)s3)nn2)nc2c1ncn2[C@H]1C(O)C(O)[C@]2(C(C)=O)CC12. The van der Waals surface area contributed by atoms with E-state index in [0.29, 0.717) is 29.4 Å². The lowest BCUT2D eigenvalue weighted by Gasteiger charge is -2.23. The minimum absolute atomic E-state index is 0.101. The number of ketones is 1. The van der Waals surface area contributed by atoms with Crippen molar-refractivity contribution in [3.05, 3.63) is 29.5 Å². The van der Waals surface area contributed by atoms with Gasteiger partial charge in [-0.1, -0.05) is 5.21 Å². The molecule has 4 heterocycles. The van der Waals surface area contributed by atoms with Crippen molar-refractivity contribution >= 4 is 34.1 Å². The largest absolute Gasteiger partial charge is 0.389 e. The summed E-state index contributed by atoms with van der Waals surface area (Å²) < 4.78 is 3.25. The van der Waals surface area contributed by atoms with Crippen molar-refractivity contribution in [2.75, 3.05) is 12.4 Å². The van der Waals surface area contributed by atoms with Crippen LogP contribution in [-0.2, 0) is 4.79 Å². The monoisotopic (exact) mass is 466 g/mol. The molecule has 0 amide bonds. The number of fused-ring (bicyclic) bond motifs is 2. The second kappa shape index (κ2) is 6.89. The van der Waals surface area contributed by atoms with Crippen LogP contribution in [0.15, 0.2) is 24.7 Å². The number of hydrogen-bond acceptors (Lipinski definition) is 10. The highest BCUT2D eigenvalue weighted by molar-refractivity contribution is 7.15. The van der Waals surface area contributed by atoms with Gasteiger partial charge in [-0.3, -0.25) is 4.79 Å². The van der Waals surface area contributed by atoms with Gasteiger partial charge in [0.25, 0.3) is 5.95 Å². The summed E-state index contributed by atoms with van der Waals surface area (Å²) in [6, 6.07) is 3.51. The van der Waals surface area contributed by atoms with Crippen LogP contribution in [0.3, 0.4) is 0 Å². The number of thiophene rings is 1. The van der Waals surface area contributed by atoms with Crippen LogP contribution in [0.2, 0.25) is 0 Å². The summed E-state index contributed by atoms with van der Waals surface area (Å²) in [6.45, 7) is 3.51. The molecule has 4 aromatic rings. The standard InChI is InChI=1S/C21H22N8O3S/c1-9-4-5-13(33-9)12-7-29(27-26-12)20-24-18(22-3)14-19(25-20)28(8-23-14)15-11-6-21(11,10(2)30)17(32)16(15)31/h4-5,7-8,11,15-17,31-32H,6H2,1-3H3,(H,22,24,25)/t11?,15-,16?,17?,21+/m1/s1. The van der Waals surface area contributed by atoms with Gasteiger partial charge in [0, 0.05) is 11.9 Å². The van der Waals surface area contributed by atoms with Crippen LogP contribution < -0.4 is 5.32 Å². The molecule has 4 aromatic heterocycles. The number of Topliss-reactive ketones (excluding diaryl/α,β-unsaturated/α-hetero) is 1. The van der Waals surface area contributed by atoms with Crippen molar-refractivity contribution in [3.63, 3.8) is 0 Å². The quantitative estimate of drug-likeness (QED) is 0.397. The third kappa shape index (κ3) is 2.74. The second-order valence-corrected chi connectivity index (χ2v) is 10.0. The van der Waals surface area contributed by atoms with E-state index in [1.807, 2.05) is 19.1 Å². The summed E-state index contributed by atoms with van der Waals surface area (Å²) in [5.74, 6) is 0.520. The van der Waals surface area contributed by atoms with Gasteiger partial charge in [-0.2, -0.15) is 14.6 Å². The van der Waals surface area contributed by atoms with Crippen molar-refractivity contribution < 1.29 is 15.0 Å². The van der Waals surface area contributed by atoms with Crippen molar-refractivity contribution in [3.8, 4) is 16.5 Å². The maximum atomic E-state index is 12.3. The van der Waals surface area contributed by atoms with Crippen LogP contribution in [0.25, 0.3) is 27.7 Å². The maximum Gasteiger partial charge on any atom is 0.256 e. The lowest BCUT2D eigenvalue weighted by Crippen LogP contribution is -2.36. The number of carbonyl (C=O) groups excluding carboxylic acids is 1. The summed E-state index contributed by atoms with van der Waals surface area (Å²) in [6.07, 6.45) is 1.68. The Morgan fingerprint density at radius 1 is 1.30 bits per heavy atom. The number of aryl methyl sites for hydroxylation is 1. The van der Waals surface area contributed by atoms with Crippen molar-refractivity contribution in [2.45, 2.75) is 38.5 Å². The Labute approximate surface area is 192 Å². The van der Waals surface area contributed by atoms with E-state index in [0.717, 1.165) is 10.6 Å². The molecule has 3 unspecified atom stereocenters. The number of aliphatic hydroxyl groups excluding tert-OH is 2. The van der Waals surface area contributed by atoms with Crippen molar-refractivity contribution in [1.29, 1.82) is 0 Å². The summed E-state index contributed by atoms with van der Waals surface area (Å²) >= 11 is 1.63. The smallest absolute Gasteiger partial charge is 0.256 e. The zero-order valence-electron chi connectivity index (χ0n) is 18.2. The fourth-order valence-corrected chi connectivity index (χ4v) is 6.04. The number of nitrogens with zero attached hydrogens (tertiary/aromatic N) is 7. The van der Waals surface area contributed by atoms with Crippen LogP contribution in [0.5, 0.6) is 0 Å². The minimum atomic E-state index is -1.11. The van der Waals surface area contributed by atoms with Gasteiger partial charge in [0.15, 0.2) is 17.0 Å². The molecule has 0 bridgehead atoms. The van der Waals surface area contributed by atoms with Crippen LogP contribution in [0, 0.1) is 18.3 Å². The molecular weight excluding hydrogens is 444 g/mol. The van der Waals surface area contributed by atoms with Gasteiger partial charge in [-0.25, -0.2) is 4.98 Å². The minimum Gasteiger partial charge on any atom is -0.389 e. The number of carbonyl (C=O) groups is 1. The van der Waals surface area contributed by atoms with Crippen molar-refractivity contribution in [2.24, 2.45) is 11.3 Å². The van der Waals surface area contributed by atoms with Crippen LogP contribution in [0.4, 0.5) is 5.82 Å². The molecule has 3 N–H and O–H groups in total. The molecule has 2 fully saturated rings. The van der Waals surface area contributed by atoms with E-state index in [2.05, 4.69) is 30.6 Å². The van der Waals surface area contributed by atoms with Gasteiger partial charge in [0.1, 0.15) is 17.6 Å². The fraction of sp³-hybridized carbons (Fsp3) is 0.429. The molecule has 0 aliphatic heterocycles. The van der Waals surface area contributed by atoms with E-state index >= 15 is 0 Å². The third-order valence-corrected chi connectivity index (χ3v) is 8.01. The number of nitrogens with one attached hydrogen (secondary N) is 1. The van der Waals surface area contributed by atoms with Crippen LogP contribution >= 0.6 is 11.3 Å². The number of aromatic nitrogens is 7. The highest BCUT2D eigenvalue weighted by Crippen LogP contribution is 2.68. The Morgan fingerprint density at radius 2 is 2.12 bits per heavy atom.